The van der Waals surface area contributed by atoms with Crippen molar-refractivity contribution in [1.29, 1.82) is 0 Å². The van der Waals surface area contributed by atoms with Crippen LogP contribution in [-0.2, 0) is 0 Å². The summed E-state index contributed by atoms with van der Waals surface area (Å²) in [5, 5.41) is 15.7. The molecule has 10 aromatic carbocycles. The summed E-state index contributed by atoms with van der Waals surface area (Å²) in [4.78, 5) is 0. The van der Waals surface area contributed by atoms with E-state index >= 15 is 0 Å². The van der Waals surface area contributed by atoms with E-state index in [4.69, 9.17) is 0 Å². The van der Waals surface area contributed by atoms with Gasteiger partial charge in [-0.3, -0.25) is 0 Å². The van der Waals surface area contributed by atoms with Crippen LogP contribution in [0.1, 0.15) is 0 Å². The lowest BCUT2D eigenvalue weighted by molar-refractivity contribution is 1.18. The first kappa shape index (κ1) is 31.1. The maximum Gasteiger partial charge on any atom is 0.0726 e. The lowest BCUT2D eigenvalue weighted by atomic mass is 9.89. The van der Waals surface area contributed by atoms with E-state index in [1.165, 1.54) is 113 Å². The van der Waals surface area contributed by atoms with Crippen LogP contribution in [0.3, 0.4) is 0 Å². The van der Waals surface area contributed by atoms with Crippen LogP contribution in [-0.4, -0.2) is 9.13 Å². The van der Waals surface area contributed by atoms with E-state index in [-0.39, 0.29) is 0 Å². The van der Waals surface area contributed by atoms with Gasteiger partial charge in [-0.25, -0.2) is 0 Å². The fourth-order valence-electron chi connectivity index (χ4n) is 10.0. The monoisotopic (exact) mass is 740 g/mol. The molecule has 0 fully saturated rings. The van der Waals surface area contributed by atoms with Crippen LogP contribution < -0.4 is 0 Å². The van der Waals surface area contributed by atoms with Gasteiger partial charge in [-0.05, 0) is 81.2 Å². The summed E-state index contributed by atoms with van der Waals surface area (Å²) >= 11 is 1.92. The molecule has 0 aliphatic carbocycles. The third-order valence-electron chi connectivity index (χ3n) is 12.3. The van der Waals surface area contributed by atoms with Crippen molar-refractivity contribution in [2.24, 2.45) is 0 Å². The zero-order chi connectivity index (χ0) is 37.2. The summed E-state index contributed by atoms with van der Waals surface area (Å²) in [5.41, 5.74) is 9.70. The number of rotatable bonds is 3. The summed E-state index contributed by atoms with van der Waals surface area (Å²) in [7, 11) is 0. The fourth-order valence-corrected chi connectivity index (χ4v) is 11.3. The molecule has 0 radical (unpaired) electrons. The summed E-state index contributed by atoms with van der Waals surface area (Å²) in [6.07, 6.45) is 0. The Morgan fingerprint density at radius 3 is 1.51 bits per heavy atom. The fraction of sp³-hybridized carbons (Fsp3) is 0. The van der Waals surface area contributed by atoms with E-state index in [9.17, 15) is 0 Å². The van der Waals surface area contributed by atoms with Gasteiger partial charge in [0.2, 0.25) is 0 Å². The summed E-state index contributed by atoms with van der Waals surface area (Å²) in [5.74, 6) is 0. The van der Waals surface area contributed by atoms with Crippen LogP contribution in [0, 0.1) is 0 Å². The molecule has 13 rings (SSSR count). The third kappa shape index (κ3) is 4.19. The summed E-state index contributed by atoms with van der Waals surface area (Å²) < 4.78 is 7.58. The molecule has 0 atom stereocenters. The lowest BCUT2D eigenvalue weighted by Crippen LogP contribution is -1.95. The van der Waals surface area contributed by atoms with E-state index < -0.39 is 0 Å². The molecule has 3 aromatic heterocycles. The molecule has 0 aliphatic rings. The smallest absolute Gasteiger partial charge is 0.0726 e. The number of aromatic nitrogens is 2. The lowest BCUT2D eigenvalue weighted by Gasteiger charge is -2.15. The first-order valence-corrected chi connectivity index (χ1v) is 20.4. The van der Waals surface area contributed by atoms with E-state index in [0.29, 0.717) is 0 Å². The van der Waals surface area contributed by atoms with Crippen molar-refractivity contribution in [3.05, 3.63) is 194 Å². The molecule has 0 spiro atoms. The second kappa shape index (κ2) is 11.7. The quantitative estimate of drug-likeness (QED) is 0.160. The number of fused-ring (bicyclic) bond motifs is 18. The van der Waals surface area contributed by atoms with Gasteiger partial charge in [0.15, 0.2) is 0 Å². The van der Waals surface area contributed by atoms with Gasteiger partial charge in [0.1, 0.15) is 0 Å². The highest BCUT2D eigenvalue weighted by Gasteiger charge is 2.25. The van der Waals surface area contributed by atoms with Crippen LogP contribution in [0.15, 0.2) is 194 Å². The Kier molecular flexibility index (Phi) is 6.35. The Bertz CT molecular complexity index is 3790. The second-order valence-corrected chi connectivity index (χ2v) is 16.2. The van der Waals surface area contributed by atoms with Gasteiger partial charge < -0.3 is 9.13 Å². The maximum atomic E-state index is 2.54. The Morgan fingerprint density at radius 2 is 0.807 bits per heavy atom. The number of benzene rings is 10. The predicted octanol–water partition coefficient (Wildman–Crippen LogP) is 15.4. The standard InChI is InChI=1S/C54H32N2S/c1-2-15-34(16-3-1)55-44-25-11-8-21-41(44)48-36(24-14-27-46(48)55)33-29-31-35(32-30-33)56-45-26-12-9-22-42(45)51-49-39-19-6-4-17-37(39)38-18-5-7-20-40(38)50(49)52-43-23-10-13-28-47(43)57-54(52)53(51)56/h1-32H. The first-order valence-electron chi connectivity index (χ1n) is 19.6. The number of para-hydroxylation sites is 3. The average Bonchev–Trinajstić information content (AvgIpc) is 3.95. The largest absolute Gasteiger partial charge is 0.309 e. The molecular formula is C54H32N2S. The molecule has 3 heterocycles. The maximum absolute atomic E-state index is 2.54. The zero-order valence-corrected chi connectivity index (χ0v) is 31.6. The van der Waals surface area contributed by atoms with Crippen LogP contribution in [0.4, 0.5) is 0 Å². The Labute approximate surface area is 331 Å². The van der Waals surface area contributed by atoms with Gasteiger partial charge in [-0.15, -0.1) is 11.3 Å². The van der Waals surface area contributed by atoms with Crippen molar-refractivity contribution in [3.63, 3.8) is 0 Å². The van der Waals surface area contributed by atoms with E-state index in [1.54, 1.807) is 0 Å². The number of hydrogen-bond acceptors (Lipinski definition) is 1. The topological polar surface area (TPSA) is 9.86 Å². The second-order valence-electron chi connectivity index (χ2n) is 15.2. The van der Waals surface area contributed by atoms with Gasteiger partial charge in [-0.2, -0.15) is 0 Å². The minimum absolute atomic E-state index is 1.16. The SMILES string of the molecule is c1ccc(-n2c3ccccc3c3c(-c4ccc(-n5c6ccccc6c6c7c8ccccc8c8ccccc8c7c7c8ccccc8sc7c65)cc4)cccc32)cc1. The number of nitrogens with zero attached hydrogens (tertiary/aromatic N) is 2. The van der Waals surface area contributed by atoms with Gasteiger partial charge in [-0.1, -0.05) is 146 Å². The van der Waals surface area contributed by atoms with Gasteiger partial charge in [0.25, 0.3) is 0 Å². The molecule has 0 unspecified atom stereocenters. The van der Waals surface area contributed by atoms with Crippen molar-refractivity contribution in [1.82, 2.24) is 9.13 Å². The minimum atomic E-state index is 1.16. The highest BCUT2D eigenvalue weighted by atomic mass is 32.1. The van der Waals surface area contributed by atoms with E-state index in [0.717, 1.165) is 5.69 Å². The van der Waals surface area contributed by atoms with Crippen LogP contribution in [0.2, 0.25) is 0 Å². The average molecular weight is 741 g/mol. The van der Waals surface area contributed by atoms with Crippen molar-refractivity contribution in [2.75, 3.05) is 0 Å². The molecule has 264 valence electrons. The van der Waals surface area contributed by atoms with Gasteiger partial charge in [0, 0.05) is 59.2 Å². The number of hydrogen-bond donors (Lipinski definition) is 0. The highest BCUT2D eigenvalue weighted by Crippen LogP contribution is 2.52. The Hall–Kier alpha value is -7.20. The molecule has 0 aliphatic heterocycles. The molecule has 57 heavy (non-hydrogen) atoms. The van der Waals surface area contributed by atoms with Crippen LogP contribution in [0.25, 0.3) is 119 Å². The number of thiophene rings is 1. The van der Waals surface area contributed by atoms with Crippen molar-refractivity contribution in [2.45, 2.75) is 0 Å². The van der Waals surface area contributed by atoms with Crippen LogP contribution in [0.5, 0.6) is 0 Å². The molecule has 0 saturated heterocycles. The molecule has 0 N–H and O–H groups in total. The first-order chi connectivity index (χ1) is 28.3. The van der Waals surface area contributed by atoms with Crippen molar-refractivity contribution < 1.29 is 0 Å². The molecular weight excluding hydrogens is 709 g/mol. The van der Waals surface area contributed by atoms with Crippen molar-refractivity contribution >= 4 is 107 Å². The van der Waals surface area contributed by atoms with Crippen LogP contribution >= 0.6 is 11.3 Å². The Morgan fingerprint density at radius 1 is 0.298 bits per heavy atom. The normalized spacial score (nSPS) is 12.2. The molecule has 0 amide bonds. The molecule has 0 bridgehead atoms. The summed E-state index contributed by atoms with van der Waals surface area (Å²) in [6.45, 7) is 0. The summed E-state index contributed by atoms with van der Waals surface area (Å²) in [6, 6.07) is 71.6. The van der Waals surface area contributed by atoms with Crippen molar-refractivity contribution in [3.8, 4) is 22.5 Å². The van der Waals surface area contributed by atoms with Gasteiger partial charge >= 0.3 is 0 Å². The van der Waals surface area contributed by atoms with Gasteiger partial charge in [0.05, 0.1) is 26.8 Å². The predicted molar refractivity (Wildman–Crippen MR) is 246 cm³/mol. The Balaban J connectivity index is 1.13. The molecule has 0 saturated carbocycles. The molecule has 13 aromatic rings. The van der Waals surface area contributed by atoms with E-state index in [2.05, 4.69) is 203 Å². The van der Waals surface area contributed by atoms with E-state index in [1.807, 2.05) is 11.3 Å². The molecule has 3 heteroatoms. The zero-order valence-electron chi connectivity index (χ0n) is 30.8. The molecule has 2 nitrogen and oxygen atoms in total. The minimum Gasteiger partial charge on any atom is -0.309 e. The third-order valence-corrected chi connectivity index (χ3v) is 13.4. The highest BCUT2D eigenvalue weighted by molar-refractivity contribution is 7.27.